The minimum absolute atomic E-state index is 0.599. The Hall–Kier alpha value is -1.00. The molecular formula is C13H22N4. The number of nitrogens with one attached hydrogen (secondary N) is 1. The standard InChI is InChI=1S/C13H22N4/c1-10(2)13-9-17(5-4-14-13)8-12-7-15-11(3)6-16-12/h6-7,10,13-14H,4-5,8-9H2,1-3H3. The minimum Gasteiger partial charge on any atom is -0.311 e. The highest BCUT2D eigenvalue weighted by Crippen LogP contribution is 2.10. The van der Waals surface area contributed by atoms with Crippen molar-refractivity contribution in [2.24, 2.45) is 5.92 Å². The van der Waals surface area contributed by atoms with Gasteiger partial charge in [0.2, 0.25) is 0 Å². The third-order valence-corrected chi connectivity index (χ3v) is 3.31. The van der Waals surface area contributed by atoms with Crippen molar-refractivity contribution in [2.45, 2.75) is 33.4 Å². The molecule has 1 saturated heterocycles. The second-order valence-corrected chi connectivity index (χ2v) is 5.19. The molecule has 1 atom stereocenters. The monoisotopic (exact) mass is 234 g/mol. The molecule has 0 radical (unpaired) electrons. The summed E-state index contributed by atoms with van der Waals surface area (Å²) < 4.78 is 0. The molecule has 0 aliphatic carbocycles. The lowest BCUT2D eigenvalue weighted by molar-refractivity contribution is 0.167. The number of piperazine rings is 1. The van der Waals surface area contributed by atoms with Gasteiger partial charge in [-0.3, -0.25) is 14.9 Å². The van der Waals surface area contributed by atoms with Crippen LogP contribution in [-0.4, -0.2) is 40.5 Å². The molecule has 4 nitrogen and oxygen atoms in total. The van der Waals surface area contributed by atoms with Crippen molar-refractivity contribution in [3.8, 4) is 0 Å². The molecule has 1 aliphatic rings. The van der Waals surface area contributed by atoms with Crippen molar-refractivity contribution in [2.75, 3.05) is 19.6 Å². The molecule has 2 rings (SSSR count). The third-order valence-electron chi connectivity index (χ3n) is 3.31. The topological polar surface area (TPSA) is 41.1 Å². The summed E-state index contributed by atoms with van der Waals surface area (Å²) in [6.07, 6.45) is 3.74. The van der Waals surface area contributed by atoms with Crippen LogP contribution >= 0.6 is 0 Å². The van der Waals surface area contributed by atoms with Crippen LogP contribution in [0, 0.1) is 12.8 Å². The van der Waals surface area contributed by atoms with E-state index in [0.717, 1.165) is 37.6 Å². The molecule has 0 saturated carbocycles. The summed E-state index contributed by atoms with van der Waals surface area (Å²) in [5.41, 5.74) is 2.05. The normalized spacial score (nSPS) is 22.0. The zero-order chi connectivity index (χ0) is 12.3. The van der Waals surface area contributed by atoms with Gasteiger partial charge in [0, 0.05) is 44.6 Å². The smallest absolute Gasteiger partial charge is 0.0727 e. The maximum Gasteiger partial charge on any atom is 0.0727 e. The molecule has 4 heteroatoms. The van der Waals surface area contributed by atoms with Gasteiger partial charge in [-0.15, -0.1) is 0 Å². The van der Waals surface area contributed by atoms with Crippen LogP contribution in [0.2, 0.25) is 0 Å². The van der Waals surface area contributed by atoms with Crippen LogP contribution in [0.25, 0.3) is 0 Å². The Balaban J connectivity index is 1.92. The number of hydrogen-bond acceptors (Lipinski definition) is 4. The molecular weight excluding hydrogens is 212 g/mol. The lowest BCUT2D eigenvalue weighted by Gasteiger charge is -2.35. The minimum atomic E-state index is 0.599. The Morgan fingerprint density at radius 1 is 1.41 bits per heavy atom. The Labute approximate surface area is 103 Å². The molecule has 1 aliphatic heterocycles. The summed E-state index contributed by atoms with van der Waals surface area (Å²) in [5, 5.41) is 3.57. The molecule has 17 heavy (non-hydrogen) atoms. The van der Waals surface area contributed by atoms with Gasteiger partial charge in [0.15, 0.2) is 0 Å². The van der Waals surface area contributed by atoms with Crippen molar-refractivity contribution in [3.05, 3.63) is 23.8 Å². The van der Waals surface area contributed by atoms with E-state index in [9.17, 15) is 0 Å². The van der Waals surface area contributed by atoms with Gasteiger partial charge in [-0.1, -0.05) is 13.8 Å². The van der Waals surface area contributed by atoms with Gasteiger partial charge in [0.05, 0.1) is 11.4 Å². The van der Waals surface area contributed by atoms with Crippen LogP contribution in [0.5, 0.6) is 0 Å². The largest absolute Gasteiger partial charge is 0.311 e. The van der Waals surface area contributed by atoms with E-state index in [0.29, 0.717) is 12.0 Å². The SMILES string of the molecule is Cc1cnc(CN2CCNC(C(C)C)C2)cn1. The summed E-state index contributed by atoms with van der Waals surface area (Å²) in [7, 11) is 0. The van der Waals surface area contributed by atoms with E-state index >= 15 is 0 Å². The van der Waals surface area contributed by atoms with Crippen LogP contribution in [0.1, 0.15) is 25.2 Å². The highest BCUT2D eigenvalue weighted by atomic mass is 15.2. The predicted molar refractivity (Wildman–Crippen MR) is 68.7 cm³/mol. The van der Waals surface area contributed by atoms with Gasteiger partial charge >= 0.3 is 0 Å². The number of nitrogens with zero attached hydrogens (tertiary/aromatic N) is 3. The Morgan fingerprint density at radius 3 is 2.88 bits per heavy atom. The Kier molecular flexibility index (Phi) is 4.07. The number of rotatable bonds is 3. The predicted octanol–water partition coefficient (Wildman–Crippen LogP) is 1.21. The van der Waals surface area contributed by atoms with E-state index in [1.54, 1.807) is 0 Å². The number of aryl methyl sites for hydroxylation is 1. The molecule has 94 valence electrons. The van der Waals surface area contributed by atoms with E-state index in [4.69, 9.17) is 0 Å². The van der Waals surface area contributed by atoms with Crippen molar-refractivity contribution < 1.29 is 0 Å². The van der Waals surface area contributed by atoms with Gasteiger partial charge in [-0.25, -0.2) is 0 Å². The van der Waals surface area contributed by atoms with E-state index < -0.39 is 0 Å². The van der Waals surface area contributed by atoms with Crippen molar-refractivity contribution in [3.63, 3.8) is 0 Å². The first kappa shape index (κ1) is 12.5. The molecule has 0 spiro atoms. The second kappa shape index (κ2) is 5.56. The summed E-state index contributed by atoms with van der Waals surface area (Å²) >= 11 is 0. The average molecular weight is 234 g/mol. The molecule has 1 aromatic heterocycles. The van der Waals surface area contributed by atoms with E-state index in [1.165, 1.54) is 0 Å². The Morgan fingerprint density at radius 2 is 2.24 bits per heavy atom. The number of aromatic nitrogens is 2. The van der Waals surface area contributed by atoms with Crippen LogP contribution in [0.4, 0.5) is 0 Å². The first-order valence-electron chi connectivity index (χ1n) is 6.38. The fourth-order valence-electron chi connectivity index (χ4n) is 2.16. The molecule has 0 amide bonds. The van der Waals surface area contributed by atoms with Gasteiger partial charge in [-0.05, 0) is 12.8 Å². The van der Waals surface area contributed by atoms with Crippen LogP contribution in [0.3, 0.4) is 0 Å². The zero-order valence-electron chi connectivity index (χ0n) is 11.0. The average Bonchev–Trinajstić information content (AvgIpc) is 2.32. The van der Waals surface area contributed by atoms with E-state index in [-0.39, 0.29) is 0 Å². The van der Waals surface area contributed by atoms with Gasteiger partial charge in [-0.2, -0.15) is 0 Å². The lowest BCUT2D eigenvalue weighted by Crippen LogP contribution is -2.52. The van der Waals surface area contributed by atoms with Crippen molar-refractivity contribution >= 4 is 0 Å². The summed E-state index contributed by atoms with van der Waals surface area (Å²) in [4.78, 5) is 11.2. The lowest BCUT2D eigenvalue weighted by atomic mass is 10.0. The molecule has 1 aromatic rings. The van der Waals surface area contributed by atoms with Crippen LogP contribution in [-0.2, 0) is 6.54 Å². The van der Waals surface area contributed by atoms with Crippen molar-refractivity contribution in [1.82, 2.24) is 20.2 Å². The molecule has 0 bridgehead atoms. The fourth-order valence-corrected chi connectivity index (χ4v) is 2.16. The summed E-state index contributed by atoms with van der Waals surface area (Å²) in [6, 6.07) is 0.599. The first-order chi connectivity index (χ1) is 8.15. The molecule has 0 aromatic carbocycles. The summed E-state index contributed by atoms with van der Waals surface area (Å²) in [6.45, 7) is 10.7. The summed E-state index contributed by atoms with van der Waals surface area (Å²) in [5.74, 6) is 0.682. The number of hydrogen-bond donors (Lipinski definition) is 1. The van der Waals surface area contributed by atoms with Gasteiger partial charge < -0.3 is 5.32 Å². The zero-order valence-corrected chi connectivity index (χ0v) is 11.0. The molecule has 1 N–H and O–H groups in total. The second-order valence-electron chi connectivity index (χ2n) is 5.19. The van der Waals surface area contributed by atoms with Crippen LogP contribution in [0.15, 0.2) is 12.4 Å². The molecule has 2 heterocycles. The van der Waals surface area contributed by atoms with E-state index in [2.05, 4.69) is 34.0 Å². The fraction of sp³-hybridized carbons (Fsp3) is 0.692. The third kappa shape index (κ3) is 3.48. The van der Waals surface area contributed by atoms with E-state index in [1.807, 2.05) is 19.3 Å². The highest BCUT2D eigenvalue weighted by molar-refractivity contribution is 5.01. The maximum atomic E-state index is 4.42. The van der Waals surface area contributed by atoms with Crippen LogP contribution < -0.4 is 5.32 Å². The maximum absolute atomic E-state index is 4.42. The first-order valence-corrected chi connectivity index (χ1v) is 6.38. The Bertz CT molecular complexity index is 347. The van der Waals surface area contributed by atoms with Crippen molar-refractivity contribution in [1.29, 1.82) is 0 Å². The molecule has 1 unspecified atom stereocenters. The molecule has 1 fully saturated rings. The van der Waals surface area contributed by atoms with Gasteiger partial charge in [0.25, 0.3) is 0 Å². The highest BCUT2D eigenvalue weighted by Gasteiger charge is 2.21. The quantitative estimate of drug-likeness (QED) is 0.853. The van der Waals surface area contributed by atoms with Gasteiger partial charge in [0.1, 0.15) is 0 Å².